The van der Waals surface area contributed by atoms with Crippen LogP contribution in [0.3, 0.4) is 0 Å². The second kappa shape index (κ2) is 7.01. The van der Waals surface area contributed by atoms with Gasteiger partial charge in [-0.3, -0.25) is 0 Å². The van der Waals surface area contributed by atoms with Gasteiger partial charge in [0.05, 0.1) is 10.2 Å². The number of nitrogens with one attached hydrogen (secondary N) is 1. The molecule has 0 radical (unpaired) electrons. The summed E-state index contributed by atoms with van der Waals surface area (Å²) in [5, 5.41) is 3.06. The van der Waals surface area contributed by atoms with Crippen LogP contribution in [0.25, 0.3) is 0 Å². The quantitative estimate of drug-likeness (QED) is 0.620. The number of halogens is 2. The smallest absolute Gasteiger partial charge is 0.161 e. The highest BCUT2D eigenvalue weighted by molar-refractivity contribution is 9.10. The Morgan fingerprint density at radius 2 is 2.17 bits per heavy atom. The second-order valence-corrected chi connectivity index (χ2v) is 5.47. The third-order valence-electron chi connectivity index (χ3n) is 2.45. The average Bonchev–Trinajstić information content (AvgIpc) is 2.29. The number of nitrogens with zero attached hydrogens (tertiary/aromatic N) is 1. The van der Waals surface area contributed by atoms with Gasteiger partial charge in [-0.1, -0.05) is 12.2 Å². The molecule has 3 N–H and O–H groups in total. The molecule has 100 valence electrons. The molecule has 0 aromatic heterocycles. The molecule has 0 unspecified atom stereocenters. The summed E-state index contributed by atoms with van der Waals surface area (Å²) in [7, 11) is 4.02. The van der Waals surface area contributed by atoms with Gasteiger partial charge < -0.3 is 16.0 Å². The largest absolute Gasteiger partial charge is 0.389 e. The molecule has 0 amide bonds. The van der Waals surface area contributed by atoms with Crippen molar-refractivity contribution in [1.82, 2.24) is 4.90 Å². The van der Waals surface area contributed by atoms with Gasteiger partial charge in [-0.25, -0.2) is 4.39 Å². The van der Waals surface area contributed by atoms with Gasteiger partial charge in [0.2, 0.25) is 0 Å². The molecule has 1 aromatic carbocycles. The van der Waals surface area contributed by atoms with E-state index in [0.717, 1.165) is 13.0 Å². The maximum atomic E-state index is 14.0. The second-order valence-electron chi connectivity index (χ2n) is 4.24. The van der Waals surface area contributed by atoms with Crippen molar-refractivity contribution in [3.05, 3.63) is 28.0 Å². The SMILES string of the molecule is CN(C)CCCNc1ccc(C(N)=S)c(Br)c1F. The van der Waals surface area contributed by atoms with Crippen molar-refractivity contribution in [3.63, 3.8) is 0 Å². The standard InChI is InChI=1S/C12H17BrFN3S/c1-17(2)7-3-6-16-9-5-4-8(12(15)18)10(13)11(9)14/h4-5,16H,3,6-7H2,1-2H3,(H2,15,18). The highest BCUT2D eigenvalue weighted by atomic mass is 79.9. The maximum Gasteiger partial charge on any atom is 0.161 e. The van der Waals surface area contributed by atoms with Gasteiger partial charge in [0, 0.05) is 12.1 Å². The normalized spacial score (nSPS) is 10.7. The Morgan fingerprint density at radius 3 is 2.72 bits per heavy atom. The Labute approximate surface area is 121 Å². The molecule has 18 heavy (non-hydrogen) atoms. The summed E-state index contributed by atoms with van der Waals surface area (Å²) in [5.41, 5.74) is 6.47. The summed E-state index contributed by atoms with van der Waals surface area (Å²) in [6.07, 6.45) is 0.946. The molecule has 3 nitrogen and oxygen atoms in total. The van der Waals surface area contributed by atoms with E-state index in [2.05, 4.69) is 26.1 Å². The highest BCUT2D eigenvalue weighted by Crippen LogP contribution is 2.27. The summed E-state index contributed by atoms with van der Waals surface area (Å²) in [4.78, 5) is 2.27. The fourth-order valence-electron chi connectivity index (χ4n) is 1.49. The van der Waals surface area contributed by atoms with Crippen molar-refractivity contribution in [1.29, 1.82) is 0 Å². The lowest BCUT2D eigenvalue weighted by molar-refractivity contribution is 0.405. The zero-order valence-corrected chi connectivity index (χ0v) is 12.9. The van der Waals surface area contributed by atoms with Crippen LogP contribution in [0, 0.1) is 5.82 Å². The van der Waals surface area contributed by atoms with Crippen molar-refractivity contribution in [3.8, 4) is 0 Å². The molecular weight excluding hydrogens is 317 g/mol. The predicted molar refractivity (Wildman–Crippen MR) is 81.6 cm³/mol. The van der Waals surface area contributed by atoms with Gasteiger partial charge in [0.1, 0.15) is 4.99 Å². The molecule has 1 aromatic rings. The lowest BCUT2D eigenvalue weighted by Crippen LogP contribution is -2.17. The number of thiocarbonyl (C=S) groups is 1. The van der Waals surface area contributed by atoms with E-state index in [0.29, 0.717) is 22.3 Å². The van der Waals surface area contributed by atoms with E-state index in [-0.39, 0.29) is 10.8 Å². The van der Waals surface area contributed by atoms with Gasteiger partial charge in [-0.15, -0.1) is 0 Å². The van der Waals surface area contributed by atoms with Crippen LogP contribution in [-0.2, 0) is 0 Å². The van der Waals surface area contributed by atoms with Crippen molar-refractivity contribution in [2.24, 2.45) is 5.73 Å². The zero-order valence-electron chi connectivity index (χ0n) is 10.5. The average molecular weight is 334 g/mol. The molecule has 0 aliphatic rings. The third kappa shape index (κ3) is 4.19. The fraction of sp³-hybridized carbons (Fsp3) is 0.417. The first-order valence-corrected chi connectivity index (χ1v) is 6.80. The Morgan fingerprint density at radius 1 is 1.50 bits per heavy atom. The number of benzene rings is 1. The van der Waals surface area contributed by atoms with E-state index in [9.17, 15) is 4.39 Å². The van der Waals surface area contributed by atoms with Gasteiger partial charge in [-0.05, 0) is 55.1 Å². The summed E-state index contributed by atoms with van der Waals surface area (Å²) >= 11 is 8.02. The molecule has 0 saturated heterocycles. The van der Waals surface area contributed by atoms with E-state index in [1.165, 1.54) is 0 Å². The molecule has 0 atom stereocenters. The number of nitrogens with two attached hydrogens (primary N) is 1. The minimum atomic E-state index is -0.356. The molecule has 6 heteroatoms. The number of hydrogen-bond acceptors (Lipinski definition) is 3. The van der Waals surface area contributed by atoms with Crippen molar-refractivity contribution >= 4 is 38.8 Å². The Bertz CT molecular complexity index is 438. The van der Waals surface area contributed by atoms with Crippen molar-refractivity contribution < 1.29 is 4.39 Å². The van der Waals surface area contributed by atoms with Crippen LogP contribution in [0.2, 0.25) is 0 Å². The first-order valence-electron chi connectivity index (χ1n) is 5.60. The molecule has 0 aliphatic carbocycles. The maximum absolute atomic E-state index is 14.0. The summed E-state index contributed by atoms with van der Waals surface area (Å²) in [5.74, 6) is -0.356. The molecule has 1 rings (SSSR count). The lowest BCUT2D eigenvalue weighted by Gasteiger charge is -2.13. The molecule has 0 heterocycles. The number of hydrogen-bond donors (Lipinski definition) is 2. The molecule has 0 spiro atoms. The highest BCUT2D eigenvalue weighted by Gasteiger charge is 2.12. The predicted octanol–water partition coefficient (Wildman–Crippen LogP) is 2.59. The third-order valence-corrected chi connectivity index (χ3v) is 3.44. The zero-order chi connectivity index (χ0) is 13.7. The van der Waals surface area contributed by atoms with Crippen molar-refractivity contribution in [2.75, 3.05) is 32.5 Å². The first-order chi connectivity index (χ1) is 8.43. The topological polar surface area (TPSA) is 41.3 Å². The molecule has 0 aliphatic heterocycles. The van der Waals surface area contributed by atoms with Gasteiger partial charge in [0.15, 0.2) is 5.82 Å². The van der Waals surface area contributed by atoms with E-state index in [1.54, 1.807) is 12.1 Å². The molecule has 0 saturated carbocycles. The fourth-order valence-corrected chi connectivity index (χ4v) is 2.36. The monoisotopic (exact) mass is 333 g/mol. The lowest BCUT2D eigenvalue weighted by atomic mass is 10.2. The molecular formula is C12H17BrFN3S. The minimum Gasteiger partial charge on any atom is -0.389 e. The van der Waals surface area contributed by atoms with E-state index >= 15 is 0 Å². The summed E-state index contributed by atoms with van der Waals surface area (Å²) in [6.45, 7) is 1.68. The Hall–Kier alpha value is -0.720. The van der Waals surface area contributed by atoms with Crippen molar-refractivity contribution in [2.45, 2.75) is 6.42 Å². The summed E-state index contributed by atoms with van der Waals surface area (Å²) in [6, 6.07) is 3.37. The van der Waals surface area contributed by atoms with E-state index in [1.807, 2.05) is 14.1 Å². The molecule has 0 bridgehead atoms. The van der Waals surface area contributed by atoms with E-state index < -0.39 is 0 Å². The van der Waals surface area contributed by atoms with E-state index in [4.69, 9.17) is 18.0 Å². The van der Waals surface area contributed by atoms with Crippen LogP contribution in [0.1, 0.15) is 12.0 Å². The van der Waals surface area contributed by atoms with Crippen LogP contribution in [-0.4, -0.2) is 37.1 Å². The van der Waals surface area contributed by atoms with Crippen LogP contribution < -0.4 is 11.1 Å². The first kappa shape index (κ1) is 15.3. The van der Waals surface area contributed by atoms with Gasteiger partial charge in [0.25, 0.3) is 0 Å². The number of rotatable bonds is 6. The molecule has 0 fully saturated rings. The van der Waals surface area contributed by atoms with Crippen LogP contribution in [0.5, 0.6) is 0 Å². The minimum absolute atomic E-state index is 0.180. The van der Waals surface area contributed by atoms with Gasteiger partial charge >= 0.3 is 0 Å². The number of anilines is 1. The Balaban J connectivity index is 2.68. The summed E-state index contributed by atoms with van der Waals surface area (Å²) < 4.78 is 14.3. The Kier molecular flexibility index (Phi) is 5.98. The van der Waals surface area contributed by atoms with Gasteiger partial charge in [-0.2, -0.15) is 0 Å². The van der Waals surface area contributed by atoms with Crippen LogP contribution >= 0.6 is 28.1 Å². The van der Waals surface area contributed by atoms with Crippen LogP contribution in [0.4, 0.5) is 10.1 Å². The van der Waals surface area contributed by atoms with Crippen LogP contribution in [0.15, 0.2) is 16.6 Å².